The second kappa shape index (κ2) is 8.38. The van der Waals surface area contributed by atoms with Crippen LogP contribution in [0.5, 0.6) is 0 Å². The van der Waals surface area contributed by atoms with Crippen LogP contribution in [0.2, 0.25) is 0 Å². The van der Waals surface area contributed by atoms with E-state index in [-0.39, 0.29) is 11.8 Å². The minimum atomic E-state index is -0.0732. The molecule has 1 aromatic heterocycles. The summed E-state index contributed by atoms with van der Waals surface area (Å²) < 4.78 is 1.96. The molecule has 0 saturated carbocycles. The van der Waals surface area contributed by atoms with Crippen molar-refractivity contribution >= 4 is 17.5 Å². The summed E-state index contributed by atoms with van der Waals surface area (Å²) in [7, 11) is 1.81. The zero-order chi connectivity index (χ0) is 22.1. The number of hydrogen-bond acceptors (Lipinski definition) is 3. The zero-order valence-electron chi connectivity index (χ0n) is 18.6. The number of carbonyl (C=O) groups is 2. The number of hydrogen-bond donors (Lipinski definition) is 0. The van der Waals surface area contributed by atoms with Crippen LogP contribution in [-0.4, -0.2) is 40.1 Å². The first-order valence-corrected chi connectivity index (χ1v) is 10.6. The number of amides is 2. The third-order valence-electron chi connectivity index (χ3n) is 6.00. The molecule has 1 aliphatic rings. The molecule has 4 rings (SSSR count). The number of para-hydroxylation sites is 1. The molecule has 0 radical (unpaired) electrons. The molecule has 160 valence electrons. The van der Waals surface area contributed by atoms with Crippen LogP contribution in [0.3, 0.4) is 0 Å². The average Bonchev–Trinajstić information content (AvgIpc) is 3.31. The van der Waals surface area contributed by atoms with Crippen LogP contribution in [0.1, 0.15) is 45.7 Å². The van der Waals surface area contributed by atoms with Crippen molar-refractivity contribution in [3.63, 3.8) is 0 Å². The van der Waals surface area contributed by atoms with E-state index in [1.165, 1.54) is 0 Å². The molecular formula is C25H28N4O2. The first kappa shape index (κ1) is 20.8. The number of rotatable bonds is 5. The monoisotopic (exact) mass is 416 g/mol. The molecule has 2 heterocycles. The van der Waals surface area contributed by atoms with Crippen LogP contribution in [0.25, 0.3) is 5.69 Å². The Balaban J connectivity index is 1.56. The SMILES string of the molecule is Cc1ccccc1-n1nc(C)c(CN(C)C(=O)c2cccc(N3CCCC3=O)c2)c1C. The molecule has 31 heavy (non-hydrogen) atoms. The Kier molecular flexibility index (Phi) is 5.63. The number of aromatic nitrogens is 2. The van der Waals surface area contributed by atoms with Gasteiger partial charge in [-0.15, -0.1) is 0 Å². The molecule has 0 N–H and O–H groups in total. The highest BCUT2D eigenvalue weighted by Crippen LogP contribution is 2.24. The Hall–Kier alpha value is -3.41. The summed E-state index contributed by atoms with van der Waals surface area (Å²) in [6.07, 6.45) is 1.43. The predicted molar refractivity (Wildman–Crippen MR) is 122 cm³/mol. The molecule has 2 aromatic carbocycles. The standard InChI is InChI=1S/C25H28N4O2/c1-17-9-5-6-12-23(17)29-19(3)22(18(2)26-29)16-27(4)25(31)20-10-7-11-21(15-20)28-14-8-13-24(28)30/h5-7,9-12,15H,8,13-14,16H2,1-4H3. The van der Waals surface area contributed by atoms with Crippen molar-refractivity contribution in [3.8, 4) is 5.69 Å². The topological polar surface area (TPSA) is 58.4 Å². The van der Waals surface area contributed by atoms with Crippen LogP contribution in [0.4, 0.5) is 5.69 Å². The molecule has 0 atom stereocenters. The highest BCUT2D eigenvalue weighted by molar-refractivity contribution is 5.99. The minimum Gasteiger partial charge on any atom is -0.337 e. The summed E-state index contributed by atoms with van der Waals surface area (Å²) in [6, 6.07) is 15.5. The number of aryl methyl sites for hydroxylation is 2. The fraction of sp³-hybridized carbons (Fsp3) is 0.320. The summed E-state index contributed by atoms with van der Waals surface area (Å²) in [5.41, 5.74) is 6.57. The molecule has 1 saturated heterocycles. The van der Waals surface area contributed by atoms with Crippen molar-refractivity contribution in [2.24, 2.45) is 0 Å². The fourth-order valence-electron chi connectivity index (χ4n) is 4.20. The normalized spacial score (nSPS) is 13.7. The van der Waals surface area contributed by atoms with Gasteiger partial charge >= 0.3 is 0 Å². The summed E-state index contributed by atoms with van der Waals surface area (Å²) in [6.45, 7) is 7.27. The molecule has 6 heteroatoms. The maximum atomic E-state index is 13.1. The largest absolute Gasteiger partial charge is 0.337 e. The summed E-state index contributed by atoms with van der Waals surface area (Å²) in [4.78, 5) is 28.7. The van der Waals surface area contributed by atoms with Gasteiger partial charge in [-0.05, 0) is 57.0 Å². The minimum absolute atomic E-state index is 0.0732. The van der Waals surface area contributed by atoms with E-state index < -0.39 is 0 Å². The zero-order valence-corrected chi connectivity index (χ0v) is 18.6. The smallest absolute Gasteiger partial charge is 0.253 e. The van der Waals surface area contributed by atoms with Gasteiger partial charge in [0.15, 0.2) is 0 Å². The molecule has 1 fully saturated rings. The number of nitrogens with zero attached hydrogens (tertiary/aromatic N) is 4. The Labute approximate surface area is 183 Å². The van der Waals surface area contributed by atoms with Crippen molar-refractivity contribution in [3.05, 3.63) is 76.6 Å². The Bertz CT molecular complexity index is 1150. The van der Waals surface area contributed by atoms with Crippen molar-refractivity contribution in [1.29, 1.82) is 0 Å². The quantitative estimate of drug-likeness (QED) is 0.626. The number of anilines is 1. The van der Waals surface area contributed by atoms with Crippen molar-refractivity contribution in [1.82, 2.24) is 14.7 Å². The van der Waals surface area contributed by atoms with E-state index in [1.807, 2.05) is 48.9 Å². The first-order valence-electron chi connectivity index (χ1n) is 10.6. The maximum absolute atomic E-state index is 13.1. The van der Waals surface area contributed by atoms with Gasteiger partial charge < -0.3 is 9.80 Å². The Morgan fingerprint density at radius 3 is 2.58 bits per heavy atom. The highest BCUT2D eigenvalue weighted by atomic mass is 16.2. The fourth-order valence-corrected chi connectivity index (χ4v) is 4.20. The molecule has 1 aliphatic heterocycles. The molecular weight excluding hydrogens is 388 g/mol. The van der Waals surface area contributed by atoms with Crippen molar-refractivity contribution < 1.29 is 9.59 Å². The van der Waals surface area contributed by atoms with Crippen molar-refractivity contribution in [2.45, 2.75) is 40.2 Å². The second-order valence-corrected chi connectivity index (χ2v) is 8.21. The van der Waals surface area contributed by atoms with E-state index in [1.54, 1.807) is 22.9 Å². The summed E-state index contributed by atoms with van der Waals surface area (Å²) in [5, 5.41) is 4.74. The molecule has 0 bridgehead atoms. The van der Waals surface area contributed by atoms with Gasteiger partial charge in [-0.25, -0.2) is 4.68 Å². The van der Waals surface area contributed by atoms with E-state index in [2.05, 4.69) is 19.1 Å². The molecule has 3 aromatic rings. The lowest BCUT2D eigenvalue weighted by Gasteiger charge is -2.20. The van der Waals surface area contributed by atoms with E-state index in [4.69, 9.17) is 5.10 Å². The van der Waals surface area contributed by atoms with Gasteiger partial charge in [0.1, 0.15) is 0 Å². The lowest BCUT2D eigenvalue weighted by Crippen LogP contribution is -2.28. The van der Waals surface area contributed by atoms with Crippen molar-refractivity contribution in [2.75, 3.05) is 18.5 Å². The maximum Gasteiger partial charge on any atom is 0.253 e. The van der Waals surface area contributed by atoms with Crippen LogP contribution >= 0.6 is 0 Å². The molecule has 0 unspecified atom stereocenters. The summed E-state index contributed by atoms with van der Waals surface area (Å²) >= 11 is 0. The van der Waals surface area contributed by atoms with Crippen LogP contribution < -0.4 is 4.90 Å². The third-order valence-corrected chi connectivity index (χ3v) is 6.00. The van der Waals surface area contributed by atoms with Gasteiger partial charge in [0.25, 0.3) is 5.91 Å². The molecule has 0 aliphatic carbocycles. The van der Waals surface area contributed by atoms with Gasteiger partial charge in [0, 0.05) is 49.1 Å². The summed E-state index contributed by atoms with van der Waals surface area (Å²) in [5.74, 6) is 0.0451. The molecule has 0 spiro atoms. The van der Waals surface area contributed by atoms with Crippen LogP contribution in [0, 0.1) is 20.8 Å². The Morgan fingerprint density at radius 2 is 1.87 bits per heavy atom. The second-order valence-electron chi connectivity index (χ2n) is 8.21. The molecule has 6 nitrogen and oxygen atoms in total. The number of carbonyl (C=O) groups excluding carboxylic acids is 2. The van der Waals surface area contributed by atoms with E-state index in [0.29, 0.717) is 25.1 Å². The lowest BCUT2D eigenvalue weighted by molar-refractivity contribution is -0.117. The van der Waals surface area contributed by atoms with Gasteiger partial charge in [0.2, 0.25) is 5.91 Å². The number of benzene rings is 2. The highest BCUT2D eigenvalue weighted by Gasteiger charge is 2.23. The van der Waals surface area contributed by atoms with Gasteiger partial charge in [-0.3, -0.25) is 9.59 Å². The van der Waals surface area contributed by atoms with Crippen LogP contribution in [0.15, 0.2) is 48.5 Å². The van der Waals surface area contributed by atoms with E-state index in [0.717, 1.165) is 40.3 Å². The van der Waals surface area contributed by atoms with Crippen LogP contribution in [-0.2, 0) is 11.3 Å². The third kappa shape index (κ3) is 3.98. The van der Waals surface area contributed by atoms with Gasteiger partial charge in [-0.1, -0.05) is 24.3 Å². The van der Waals surface area contributed by atoms with Gasteiger partial charge in [-0.2, -0.15) is 5.10 Å². The van der Waals surface area contributed by atoms with E-state index >= 15 is 0 Å². The molecule has 2 amide bonds. The van der Waals surface area contributed by atoms with Gasteiger partial charge in [0.05, 0.1) is 11.4 Å². The lowest BCUT2D eigenvalue weighted by atomic mass is 10.1. The van der Waals surface area contributed by atoms with E-state index in [9.17, 15) is 9.59 Å². The Morgan fingerprint density at radius 1 is 1.10 bits per heavy atom. The first-order chi connectivity index (χ1) is 14.9. The average molecular weight is 417 g/mol. The predicted octanol–water partition coefficient (Wildman–Crippen LogP) is 4.20.